The van der Waals surface area contributed by atoms with E-state index >= 15 is 0 Å². The van der Waals surface area contributed by atoms with Gasteiger partial charge in [0.05, 0.1) is 0 Å². The van der Waals surface area contributed by atoms with E-state index in [1.807, 2.05) is 103 Å². The summed E-state index contributed by atoms with van der Waals surface area (Å²) in [4.78, 5) is 9.39. The molecule has 182 valence electrons. The standard InChI is InChI=1S/C33H22BrN3O/c34-27-17-14-22(15-18-27)25-16-19-29-28(20-25)31-26(12-7-13-30(31)38-29)21-36-33(24-10-5-2-6-11-24)37-32(35)23-8-3-1-4-9-23/h1-21,35H. The van der Waals surface area contributed by atoms with Crippen LogP contribution >= 0.6 is 15.9 Å². The van der Waals surface area contributed by atoms with Crippen LogP contribution in [0.4, 0.5) is 0 Å². The minimum absolute atomic E-state index is 0.160. The number of halogens is 1. The van der Waals surface area contributed by atoms with Gasteiger partial charge in [0.25, 0.3) is 0 Å². The van der Waals surface area contributed by atoms with Crippen LogP contribution in [-0.4, -0.2) is 17.9 Å². The van der Waals surface area contributed by atoms with Gasteiger partial charge < -0.3 is 4.42 Å². The molecule has 1 N–H and O–H groups in total. The van der Waals surface area contributed by atoms with Crippen molar-refractivity contribution in [1.29, 1.82) is 5.41 Å². The second-order valence-corrected chi connectivity index (χ2v) is 9.73. The second-order valence-electron chi connectivity index (χ2n) is 8.81. The van der Waals surface area contributed by atoms with Gasteiger partial charge in [-0.05, 0) is 41.5 Å². The average molecular weight is 556 g/mol. The van der Waals surface area contributed by atoms with E-state index in [0.29, 0.717) is 5.84 Å². The van der Waals surface area contributed by atoms with Crippen molar-refractivity contribution in [2.45, 2.75) is 0 Å². The number of fused-ring (bicyclic) bond motifs is 3. The molecule has 0 aliphatic heterocycles. The molecular formula is C33H22BrN3O. The maximum atomic E-state index is 8.55. The fourth-order valence-corrected chi connectivity index (χ4v) is 4.70. The average Bonchev–Trinajstić information content (AvgIpc) is 3.35. The van der Waals surface area contributed by atoms with Crippen LogP contribution in [0.3, 0.4) is 0 Å². The number of nitrogens with one attached hydrogen (secondary N) is 1. The number of aliphatic imine (C=N–C) groups is 2. The highest BCUT2D eigenvalue weighted by Gasteiger charge is 2.12. The molecule has 5 aromatic carbocycles. The number of hydrogen-bond donors (Lipinski definition) is 1. The molecule has 38 heavy (non-hydrogen) atoms. The van der Waals surface area contributed by atoms with Crippen LogP contribution in [0.5, 0.6) is 0 Å². The molecule has 0 saturated carbocycles. The first kappa shape index (κ1) is 23.8. The number of amidine groups is 2. The first-order valence-corrected chi connectivity index (χ1v) is 13.0. The molecule has 0 unspecified atom stereocenters. The summed E-state index contributed by atoms with van der Waals surface area (Å²) in [7, 11) is 0. The molecule has 4 nitrogen and oxygen atoms in total. The summed E-state index contributed by atoms with van der Waals surface area (Å²) in [6, 6.07) is 39.7. The predicted molar refractivity (Wildman–Crippen MR) is 161 cm³/mol. The molecule has 6 aromatic rings. The van der Waals surface area contributed by atoms with Crippen molar-refractivity contribution in [2.24, 2.45) is 9.98 Å². The predicted octanol–water partition coefficient (Wildman–Crippen LogP) is 8.91. The van der Waals surface area contributed by atoms with Crippen molar-refractivity contribution in [2.75, 3.05) is 0 Å². The van der Waals surface area contributed by atoms with Crippen LogP contribution in [0.15, 0.2) is 140 Å². The smallest absolute Gasteiger partial charge is 0.161 e. The Morgan fingerprint density at radius 2 is 1.37 bits per heavy atom. The molecule has 0 saturated heterocycles. The van der Waals surface area contributed by atoms with Crippen LogP contribution < -0.4 is 0 Å². The summed E-state index contributed by atoms with van der Waals surface area (Å²) in [5.41, 5.74) is 6.36. The number of nitrogens with zero attached hydrogens (tertiary/aromatic N) is 2. The Morgan fingerprint density at radius 1 is 0.684 bits per heavy atom. The molecular weight excluding hydrogens is 534 g/mol. The van der Waals surface area contributed by atoms with E-state index < -0.39 is 0 Å². The molecule has 0 aliphatic rings. The lowest BCUT2D eigenvalue weighted by Crippen LogP contribution is -2.04. The zero-order valence-corrected chi connectivity index (χ0v) is 21.9. The van der Waals surface area contributed by atoms with Crippen LogP contribution in [0, 0.1) is 5.41 Å². The molecule has 0 radical (unpaired) electrons. The Kier molecular flexibility index (Phi) is 6.51. The zero-order chi connectivity index (χ0) is 25.9. The molecule has 1 aromatic heterocycles. The van der Waals surface area contributed by atoms with E-state index in [4.69, 9.17) is 14.8 Å². The van der Waals surface area contributed by atoms with E-state index in [1.54, 1.807) is 0 Å². The normalized spacial score (nSPS) is 12.0. The molecule has 0 aliphatic carbocycles. The van der Waals surface area contributed by atoms with Gasteiger partial charge in [-0.15, -0.1) is 0 Å². The Balaban J connectivity index is 1.45. The number of hydrogen-bond acceptors (Lipinski definition) is 2. The van der Waals surface area contributed by atoms with Crippen molar-refractivity contribution in [3.05, 3.63) is 142 Å². The fourth-order valence-electron chi connectivity index (χ4n) is 4.44. The zero-order valence-electron chi connectivity index (χ0n) is 20.3. The topological polar surface area (TPSA) is 61.7 Å². The second kappa shape index (κ2) is 10.4. The van der Waals surface area contributed by atoms with Crippen molar-refractivity contribution in [3.63, 3.8) is 0 Å². The van der Waals surface area contributed by atoms with Crippen LogP contribution in [0.1, 0.15) is 16.7 Å². The van der Waals surface area contributed by atoms with Crippen molar-refractivity contribution < 1.29 is 4.42 Å². The van der Waals surface area contributed by atoms with Gasteiger partial charge in [0, 0.05) is 38.2 Å². The summed E-state index contributed by atoms with van der Waals surface area (Å²) in [5, 5.41) is 10.6. The third kappa shape index (κ3) is 4.84. The van der Waals surface area contributed by atoms with E-state index in [1.165, 1.54) is 0 Å². The lowest BCUT2D eigenvalue weighted by atomic mass is 10.0. The number of rotatable bonds is 4. The van der Waals surface area contributed by atoms with Gasteiger partial charge in [0.15, 0.2) is 11.7 Å². The monoisotopic (exact) mass is 555 g/mol. The summed E-state index contributed by atoms with van der Waals surface area (Å²) >= 11 is 3.51. The SMILES string of the molecule is N=C(N=C(N=Cc1cccc2oc3ccc(-c4ccc(Br)cc4)cc3c12)c1ccccc1)c1ccccc1. The fraction of sp³-hybridized carbons (Fsp3) is 0. The molecule has 5 heteroatoms. The highest BCUT2D eigenvalue weighted by molar-refractivity contribution is 9.10. The highest BCUT2D eigenvalue weighted by Crippen LogP contribution is 2.34. The Hall–Kier alpha value is -4.61. The van der Waals surface area contributed by atoms with E-state index in [2.05, 4.69) is 45.2 Å². The molecule has 0 atom stereocenters. The molecule has 0 bridgehead atoms. The van der Waals surface area contributed by atoms with E-state index in [9.17, 15) is 0 Å². The first-order valence-electron chi connectivity index (χ1n) is 12.2. The number of benzene rings is 5. The lowest BCUT2D eigenvalue weighted by molar-refractivity contribution is 0.669. The molecule has 0 amide bonds. The summed E-state index contributed by atoms with van der Waals surface area (Å²) in [5.74, 6) is 0.632. The maximum Gasteiger partial charge on any atom is 0.161 e. The van der Waals surface area contributed by atoms with Gasteiger partial charge in [-0.2, -0.15) is 0 Å². The Morgan fingerprint density at radius 3 is 2.11 bits per heavy atom. The summed E-state index contributed by atoms with van der Waals surface area (Å²) in [6.45, 7) is 0. The van der Waals surface area contributed by atoms with E-state index in [0.717, 1.165) is 54.2 Å². The number of furan rings is 1. The van der Waals surface area contributed by atoms with Gasteiger partial charge in [-0.3, -0.25) is 5.41 Å². The minimum Gasteiger partial charge on any atom is -0.456 e. The third-order valence-corrected chi connectivity index (χ3v) is 6.86. The van der Waals surface area contributed by atoms with Gasteiger partial charge in [0.1, 0.15) is 11.2 Å². The van der Waals surface area contributed by atoms with Crippen molar-refractivity contribution in [3.8, 4) is 11.1 Å². The molecule has 0 spiro atoms. The van der Waals surface area contributed by atoms with Gasteiger partial charge >= 0.3 is 0 Å². The third-order valence-electron chi connectivity index (χ3n) is 6.33. The van der Waals surface area contributed by atoms with Gasteiger partial charge in [-0.25, -0.2) is 9.98 Å². The Labute approximate surface area is 228 Å². The van der Waals surface area contributed by atoms with Crippen molar-refractivity contribution >= 4 is 55.8 Å². The van der Waals surface area contributed by atoms with E-state index in [-0.39, 0.29) is 5.84 Å². The largest absolute Gasteiger partial charge is 0.456 e. The van der Waals surface area contributed by atoms with Crippen molar-refractivity contribution in [1.82, 2.24) is 0 Å². The highest BCUT2D eigenvalue weighted by atomic mass is 79.9. The maximum absolute atomic E-state index is 8.55. The van der Waals surface area contributed by atoms with Gasteiger partial charge in [-0.1, -0.05) is 107 Å². The molecule has 0 fully saturated rings. The molecule has 1 heterocycles. The Bertz CT molecular complexity index is 1820. The first-order chi connectivity index (χ1) is 18.7. The quantitative estimate of drug-likeness (QED) is 0.171. The molecule has 6 rings (SSSR count). The summed E-state index contributed by atoms with van der Waals surface area (Å²) in [6.07, 6.45) is 1.81. The van der Waals surface area contributed by atoms with Crippen LogP contribution in [-0.2, 0) is 0 Å². The lowest BCUT2D eigenvalue weighted by Gasteiger charge is -2.04. The summed E-state index contributed by atoms with van der Waals surface area (Å²) < 4.78 is 7.23. The van der Waals surface area contributed by atoms with Gasteiger partial charge in [0.2, 0.25) is 0 Å². The van der Waals surface area contributed by atoms with Crippen LogP contribution in [0.2, 0.25) is 0 Å². The minimum atomic E-state index is 0.160. The van der Waals surface area contributed by atoms with Crippen LogP contribution in [0.25, 0.3) is 33.1 Å².